The number of non-ortho nitro benzene ring substituents is 1. The number of hydrogen-bond donors (Lipinski definition) is 1. The Balaban J connectivity index is 2.04. The Morgan fingerprint density at radius 1 is 0.958 bits per heavy atom. The summed E-state index contributed by atoms with van der Waals surface area (Å²) in [4.78, 5) is 10.4. The molecule has 4 nitrogen and oxygen atoms in total. The lowest BCUT2D eigenvalue weighted by Crippen LogP contribution is -2.09. The molecule has 0 bridgehead atoms. The van der Waals surface area contributed by atoms with Crippen LogP contribution in [-0.2, 0) is 12.8 Å². The van der Waals surface area contributed by atoms with Crippen molar-refractivity contribution in [1.29, 1.82) is 0 Å². The summed E-state index contributed by atoms with van der Waals surface area (Å²) in [5.41, 5.74) is 2.50. The van der Waals surface area contributed by atoms with Gasteiger partial charge in [-0.15, -0.1) is 0 Å². The van der Waals surface area contributed by atoms with Crippen molar-refractivity contribution in [2.75, 3.05) is 0 Å². The molecule has 0 heterocycles. The van der Waals surface area contributed by atoms with Gasteiger partial charge in [0.05, 0.1) is 4.92 Å². The quantitative estimate of drug-likeness (QED) is 0.387. The molecule has 0 spiro atoms. The molecule has 0 radical (unpaired) electrons. The predicted octanol–water partition coefficient (Wildman–Crippen LogP) is 5.28. The first-order chi connectivity index (χ1) is 11.6. The van der Waals surface area contributed by atoms with Crippen molar-refractivity contribution < 1.29 is 10.0 Å². The molecule has 0 amide bonds. The predicted molar refractivity (Wildman–Crippen MR) is 96.2 cm³/mol. The van der Waals surface area contributed by atoms with Crippen LogP contribution in [-0.4, -0.2) is 10.0 Å². The third-order valence-electron chi connectivity index (χ3n) is 4.35. The summed E-state index contributed by atoms with van der Waals surface area (Å²) in [7, 11) is 0. The molecule has 4 heteroatoms. The van der Waals surface area contributed by atoms with E-state index in [1.807, 2.05) is 24.3 Å². The molecule has 128 valence electrons. The van der Waals surface area contributed by atoms with Crippen molar-refractivity contribution in [3.8, 4) is 5.75 Å². The van der Waals surface area contributed by atoms with Gasteiger partial charge in [0.1, 0.15) is 5.75 Å². The Hall–Kier alpha value is -2.36. The number of nitrogens with zero attached hydrogens (tertiary/aromatic N) is 1. The molecular weight excluding hydrogens is 302 g/mol. The molecule has 1 unspecified atom stereocenters. The Morgan fingerprint density at radius 3 is 2.00 bits per heavy atom. The molecule has 0 aliphatic carbocycles. The van der Waals surface area contributed by atoms with Crippen LogP contribution in [0.25, 0.3) is 0 Å². The normalized spacial score (nSPS) is 12.0. The lowest BCUT2D eigenvalue weighted by molar-refractivity contribution is -0.384. The number of nitro groups is 1. The third kappa shape index (κ3) is 5.69. The highest BCUT2D eigenvalue weighted by Crippen LogP contribution is 2.23. The van der Waals surface area contributed by atoms with Crippen LogP contribution in [0.3, 0.4) is 0 Å². The lowest BCUT2D eigenvalue weighted by Gasteiger charge is -2.17. The second kappa shape index (κ2) is 9.06. The van der Waals surface area contributed by atoms with Crippen LogP contribution in [0.2, 0.25) is 0 Å². The van der Waals surface area contributed by atoms with Crippen molar-refractivity contribution in [3.05, 3.63) is 69.8 Å². The summed E-state index contributed by atoms with van der Waals surface area (Å²) >= 11 is 0. The zero-order valence-corrected chi connectivity index (χ0v) is 14.1. The fourth-order valence-corrected chi connectivity index (χ4v) is 3.01. The average molecular weight is 327 g/mol. The van der Waals surface area contributed by atoms with E-state index in [1.54, 1.807) is 24.3 Å². The number of unbranched alkanes of at least 4 members (excludes halogenated alkanes) is 2. The Labute approximate surface area is 143 Å². The summed E-state index contributed by atoms with van der Waals surface area (Å²) in [5, 5.41) is 20.2. The van der Waals surface area contributed by atoms with Gasteiger partial charge < -0.3 is 5.11 Å². The Morgan fingerprint density at radius 2 is 1.50 bits per heavy atom. The maximum Gasteiger partial charge on any atom is 0.269 e. The fourth-order valence-electron chi connectivity index (χ4n) is 3.01. The molecule has 2 aromatic carbocycles. The van der Waals surface area contributed by atoms with E-state index in [1.165, 1.54) is 24.8 Å². The fraction of sp³-hybridized carbons (Fsp3) is 0.400. The van der Waals surface area contributed by atoms with E-state index in [-0.39, 0.29) is 16.4 Å². The molecular formula is C20H25NO3. The summed E-state index contributed by atoms with van der Waals surface area (Å²) in [6.07, 6.45) is 6.65. The molecule has 1 N–H and O–H groups in total. The number of rotatable bonds is 9. The second-order valence-electron chi connectivity index (χ2n) is 6.36. The van der Waals surface area contributed by atoms with Crippen LogP contribution < -0.4 is 0 Å². The van der Waals surface area contributed by atoms with E-state index in [2.05, 4.69) is 6.92 Å². The maximum atomic E-state index is 10.8. The van der Waals surface area contributed by atoms with Gasteiger partial charge in [-0.3, -0.25) is 10.1 Å². The number of nitro benzene ring substituents is 1. The highest BCUT2D eigenvalue weighted by molar-refractivity contribution is 5.33. The molecule has 0 aliphatic heterocycles. The van der Waals surface area contributed by atoms with Gasteiger partial charge in [-0.05, 0) is 48.4 Å². The van der Waals surface area contributed by atoms with E-state index in [9.17, 15) is 15.2 Å². The van der Waals surface area contributed by atoms with Crippen LogP contribution in [0.4, 0.5) is 5.69 Å². The lowest BCUT2D eigenvalue weighted by atomic mass is 9.88. The van der Waals surface area contributed by atoms with Crippen molar-refractivity contribution >= 4 is 5.69 Å². The minimum atomic E-state index is -0.362. The van der Waals surface area contributed by atoms with Crippen LogP contribution in [0.1, 0.15) is 43.7 Å². The first-order valence-electron chi connectivity index (χ1n) is 8.59. The summed E-state index contributed by atoms with van der Waals surface area (Å²) in [5.74, 6) is 0.791. The second-order valence-corrected chi connectivity index (χ2v) is 6.36. The molecule has 0 aliphatic rings. The minimum Gasteiger partial charge on any atom is -0.508 e. The van der Waals surface area contributed by atoms with Gasteiger partial charge in [0.25, 0.3) is 5.69 Å². The van der Waals surface area contributed by atoms with Crippen LogP contribution in [0.5, 0.6) is 5.75 Å². The van der Waals surface area contributed by atoms with Crippen molar-refractivity contribution in [2.45, 2.75) is 45.4 Å². The van der Waals surface area contributed by atoms with Crippen LogP contribution in [0.15, 0.2) is 48.5 Å². The van der Waals surface area contributed by atoms with Crippen molar-refractivity contribution in [3.63, 3.8) is 0 Å². The molecule has 0 saturated carbocycles. The van der Waals surface area contributed by atoms with Gasteiger partial charge in [0.15, 0.2) is 0 Å². The van der Waals surface area contributed by atoms with Gasteiger partial charge in [0.2, 0.25) is 0 Å². The minimum absolute atomic E-state index is 0.139. The van der Waals surface area contributed by atoms with E-state index in [0.717, 1.165) is 24.8 Å². The molecule has 0 aromatic heterocycles. The summed E-state index contributed by atoms with van der Waals surface area (Å²) in [6, 6.07) is 14.3. The van der Waals surface area contributed by atoms with E-state index >= 15 is 0 Å². The number of aromatic hydroxyl groups is 1. The van der Waals surface area contributed by atoms with Gasteiger partial charge in [-0.1, -0.05) is 50.5 Å². The Bertz CT molecular complexity index is 635. The Kier molecular flexibility index (Phi) is 6.79. The molecule has 1 atom stereocenters. The summed E-state index contributed by atoms with van der Waals surface area (Å²) < 4.78 is 0. The van der Waals surface area contributed by atoms with Gasteiger partial charge >= 0.3 is 0 Å². The molecule has 24 heavy (non-hydrogen) atoms. The number of hydrogen-bond acceptors (Lipinski definition) is 3. The van der Waals surface area contributed by atoms with Gasteiger partial charge in [-0.2, -0.15) is 0 Å². The first-order valence-corrected chi connectivity index (χ1v) is 8.59. The van der Waals surface area contributed by atoms with Crippen LogP contribution >= 0.6 is 0 Å². The van der Waals surface area contributed by atoms with Crippen molar-refractivity contribution in [1.82, 2.24) is 0 Å². The molecule has 2 rings (SSSR count). The molecule has 0 fully saturated rings. The number of benzene rings is 2. The maximum absolute atomic E-state index is 10.8. The highest BCUT2D eigenvalue weighted by Gasteiger charge is 2.12. The monoisotopic (exact) mass is 327 g/mol. The zero-order valence-electron chi connectivity index (χ0n) is 14.1. The number of phenolic OH excluding ortho intramolecular Hbond substituents is 1. The number of phenols is 1. The first kappa shape index (κ1) is 18.0. The van der Waals surface area contributed by atoms with Gasteiger partial charge in [0, 0.05) is 12.1 Å². The summed E-state index contributed by atoms with van der Waals surface area (Å²) in [6.45, 7) is 2.20. The van der Waals surface area contributed by atoms with E-state index in [0.29, 0.717) is 5.92 Å². The largest absolute Gasteiger partial charge is 0.508 e. The SMILES string of the molecule is CCCCCC(Cc1ccc(O)cc1)Cc1ccc([N+](=O)[O-])cc1. The van der Waals surface area contributed by atoms with E-state index < -0.39 is 0 Å². The molecule has 2 aromatic rings. The van der Waals surface area contributed by atoms with Gasteiger partial charge in [-0.25, -0.2) is 0 Å². The standard InChI is InChI=1S/C20H25NO3/c1-2-3-4-5-18(15-17-8-12-20(22)13-9-17)14-16-6-10-19(11-7-16)21(23)24/h6-13,18,22H,2-5,14-15H2,1H3. The van der Waals surface area contributed by atoms with Crippen molar-refractivity contribution in [2.24, 2.45) is 5.92 Å². The topological polar surface area (TPSA) is 63.4 Å². The average Bonchev–Trinajstić information content (AvgIpc) is 2.57. The third-order valence-corrected chi connectivity index (χ3v) is 4.35. The van der Waals surface area contributed by atoms with Crippen LogP contribution in [0, 0.1) is 16.0 Å². The molecule has 0 saturated heterocycles. The highest BCUT2D eigenvalue weighted by atomic mass is 16.6. The van der Waals surface area contributed by atoms with E-state index in [4.69, 9.17) is 0 Å². The zero-order chi connectivity index (χ0) is 17.4. The smallest absolute Gasteiger partial charge is 0.269 e.